The smallest absolute Gasteiger partial charge is 0.317 e. The molecule has 0 aromatic rings. The van der Waals surface area contributed by atoms with Crippen molar-refractivity contribution in [1.82, 2.24) is 10.2 Å². The number of hydrogen-bond donors (Lipinski definition) is 2. The summed E-state index contributed by atoms with van der Waals surface area (Å²) >= 11 is 0. The third-order valence-electron chi connectivity index (χ3n) is 5.66. The third-order valence-corrected chi connectivity index (χ3v) is 5.66. The number of nitrogens with one attached hydrogen (secondary N) is 1. The van der Waals surface area contributed by atoms with Crippen LogP contribution in [0, 0.1) is 11.8 Å². The fourth-order valence-electron chi connectivity index (χ4n) is 4.10. The second-order valence-corrected chi connectivity index (χ2v) is 6.93. The van der Waals surface area contributed by atoms with Gasteiger partial charge in [0.2, 0.25) is 0 Å². The number of carboxylic acid groups (broad SMARTS) is 1. The van der Waals surface area contributed by atoms with E-state index in [0.717, 1.165) is 38.1 Å². The second kappa shape index (κ2) is 6.24. The Morgan fingerprint density at radius 3 is 2.24 bits per heavy atom. The lowest BCUT2D eigenvalue weighted by Crippen LogP contribution is -2.50. The Balaban J connectivity index is 1.48. The summed E-state index contributed by atoms with van der Waals surface area (Å²) in [5.74, 6) is -0.182. The first kappa shape index (κ1) is 14.7. The van der Waals surface area contributed by atoms with Gasteiger partial charge < -0.3 is 15.3 Å². The van der Waals surface area contributed by atoms with E-state index < -0.39 is 5.97 Å². The first-order chi connectivity index (χ1) is 10.1. The SMILES string of the molecule is O=C(O)C1CCC(NC(=O)N2CCCC2C2CCC2)CC1. The fourth-order valence-corrected chi connectivity index (χ4v) is 4.10. The van der Waals surface area contributed by atoms with Crippen LogP contribution >= 0.6 is 0 Å². The van der Waals surface area contributed by atoms with Gasteiger partial charge >= 0.3 is 12.0 Å². The minimum atomic E-state index is -0.690. The van der Waals surface area contributed by atoms with E-state index in [9.17, 15) is 9.59 Å². The molecule has 2 saturated carbocycles. The van der Waals surface area contributed by atoms with E-state index in [2.05, 4.69) is 5.32 Å². The van der Waals surface area contributed by atoms with Gasteiger partial charge in [0, 0.05) is 18.6 Å². The quantitative estimate of drug-likeness (QED) is 0.840. The van der Waals surface area contributed by atoms with Crippen LogP contribution in [0.4, 0.5) is 4.79 Å². The zero-order chi connectivity index (χ0) is 14.8. The van der Waals surface area contributed by atoms with E-state index in [0.29, 0.717) is 18.9 Å². The molecule has 2 amide bonds. The van der Waals surface area contributed by atoms with Crippen LogP contribution < -0.4 is 5.32 Å². The van der Waals surface area contributed by atoms with Gasteiger partial charge in [0.1, 0.15) is 0 Å². The van der Waals surface area contributed by atoms with E-state index in [4.69, 9.17) is 5.11 Å². The van der Waals surface area contributed by atoms with Crippen LogP contribution in [0.3, 0.4) is 0 Å². The van der Waals surface area contributed by atoms with Crippen LogP contribution in [0.1, 0.15) is 57.8 Å². The van der Waals surface area contributed by atoms with Crippen molar-refractivity contribution in [3.63, 3.8) is 0 Å². The van der Waals surface area contributed by atoms with Gasteiger partial charge in [0.15, 0.2) is 0 Å². The lowest BCUT2D eigenvalue weighted by atomic mass is 9.79. The Hall–Kier alpha value is -1.26. The number of amides is 2. The van der Waals surface area contributed by atoms with Crippen LogP contribution in [-0.4, -0.2) is 40.6 Å². The molecule has 0 bridgehead atoms. The van der Waals surface area contributed by atoms with Crippen LogP contribution in [0.15, 0.2) is 0 Å². The maximum Gasteiger partial charge on any atom is 0.317 e. The zero-order valence-electron chi connectivity index (χ0n) is 12.6. The minimum Gasteiger partial charge on any atom is -0.481 e. The highest BCUT2D eigenvalue weighted by Gasteiger charge is 2.38. The van der Waals surface area contributed by atoms with Gasteiger partial charge in [0.05, 0.1) is 5.92 Å². The maximum atomic E-state index is 12.5. The molecule has 1 heterocycles. The predicted octanol–water partition coefficient (Wildman–Crippen LogP) is 2.60. The van der Waals surface area contributed by atoms with Crippen molar-refractivity contribution in [2.24, 2.45) is 11.8 Å². The number of carboxylic acids is 1. The van der Waals surface area contributed by atoms with Gasteiger partial charge in [-0.2, -0.15) is 0 Å². The van der Waals surface area contributed by atoms with Crippen molar-refractivity contribution in [2.75, 3.05) is 6.54 Å². The molecule has 21 heavy (non-hydrogen) atoms. The first-order valence-electron chi connectivity index (χ1n) is 8.45. The molecule has 1 atom stereocenters. The largest absolute Gasteiger partial charge is 0.481 e. The van der Waals surface area contributed by atoms with Crippen molar-refractivity contribution in [3.05, 3.63) is 0 Å². The lowest BCUT2D eigenvalue weighted by Gasteiger charge is -2.38. The third kappa shape index (κ3) is 3.16. The minimum absolute atomic E-state index is 0.0863. The number of nitrogens with zero attached hydrogens (tertiary/aromatic N) is 1. The molecule has 5 heteroatoms. The molecule has 5 nitrogen and oxygen atoms in total. The summed E-state index contributed by atoms with van der Waals surface area (Å²) in [6, 6.07) is 0.702. The number of urea groups is 1. The van der Waals surface area contributed by atoms with Crippen molar-refractivity contribution >= 4 is 12.0 Å². The molecular formula is C16H26N2O3. The molecule has 0 aromatic heterocycles. The molecule has 1 unspecified atom stereocenters. The topological polar surface area (TPSA) is 69.6 Å². The van der Waals surface area contributed by atoms with Crippen molar-refractivity contribution in [1.29, 1.82) is 0 Å². The number of rotatable bonds is 3. The van der Waals surface area contributed by atoms with Gasteiger partial charge in [-0.1, -0.05) is 6.42 Å². The molecule has 3 rings (SSSR count). The Morgan fingerprint density at radius 1 is 0.952 bits per heavy atom. The summed E-state index contributed by atoms with van der Waals surface area (Å²) in [5.41, 5.74) is 0. The summed E-state index contributed by atoms with van der Waals surface area (Å²) in [4.78, 5) is 25.5. The first-order valence-corrected chi connectivity index (χ1v) is 8.45. The van der Waals surface area contributed by atoms with Crippen LogP contribution in [0.2, 0.25) is 0 Å². The van der Waals surface area contributed by atoms with Gasteiger partial charge in [0.25, 0.3) is 0 Å². The van der Waals surface area contributed by atoms with Gasteiger partial charge in [-0.15, -0.1) is 0 Å². The summed E-state index contributed by atoms with van der Waals surface area (Å²) in [6.07, 6.45) is 9.12. The van der Waals surface area contributed by atoms with E-state index >= 15 is 0 Å². The molecule has 1 aliphatic heterocycles. The molecular weight excluding hydrogens is 268 g/mol. The molecule has 2 aliphatic carbocycles. The summed E-state index contributed by atoms with van der Waals surface area (Å²) in [7, 11) is 0. The Kier molecular flexibility index (Phi) is 4.36. The molecule has 3 aliphatic rings. The molecule has 0 aromatic carbocycles. The molecule has 2 N–H and O–H groups in total. The Labute approximate surface area is 126 Å². The number of carbonyl (C=O) groups is 2. The normalized spacial score (nSPS) is 33.5. The average molecular weight is 294 g/mol. The lowest BCUT2D eigenvalue weighted by molar-refractivity contribution is -0.142. The average Bonchev–Trinajstić information content (AvgIpc) is 2.86. The van der Waals surface area contributed by atoms with E-state index in [1.165, 1.54) is 19.3 Å². The molecule has 0 radical (unpaired) electrons. The van der Waals surface area contributed by atoms with Gasteiger partial charge in [-0.25, -0.2) is 4.79 Å². The Bertz CT molecular complexity index is 400. The molecule has 118 valence electrons. The summed E-state index contributed by atoms with van der Waals surface area (Å²) < 4.78 is 0. The van der Waals surface area contributed by atoms with Crippen molar-refractivity contribution in [3.8, 4) is 0 Å². The van der Waals surface area contributed by atoms with Gasteiger partial charge in [-0.05, 0) is 57.3 Å². The van der Waals surface area contributed by atoms with E-state index in [1.54, 1.807) is 0 Å². The predicted molar refractivity (Wildman–Crippen MR) is 79.0 cm³/mol. The van der Waals surface area contributed by atoms with Crippen LogP contribution in [0.25, 0.3) is 0 Å². The van der Waals surface area contributed by atoms with Crippen LogP contribution in [0.5, 0.6) is 0 Å². The number of carbonyl (C=O) groups excluding carboxylic acids is 1. The number of hydrogen-bond acceptors (Lipinski definition) is 2. The summed E-state index contributed by atoms with van der Waals surface area (Å²) in [5, 5.41) is 12.2. The maximum absolute atomic E-state index is 12.5. The van der Waals surface area contributed by atoms with E-state index in [1.807, 2.05) is 4.90 Å². The van der Waals surface area contributed by atoms with E-state index in [-0.39, 0.29) is 18.0 Å². The van der Waals surface area contributed by atoms with Crippen molar-refractivity contribution in [2.45, 2.75) is 69.9 Å². The monoisotopic (exact) mass is 294 g/mol. The Morgan fingerprint density at radius 2 is 1.67 bits per heavy atom. The standard InChI is InChI=1S/C16H26N2O3/c19-15(20)12-6-8-13(9-7-12)17-16(21)18-10-2-5-14(18)11-3-1-4-11/h11-14H,1-10H2,(H,17,21)(H,19,20). The van der Waals surface area contributed by atoms with Gasteiger partial charge in [-0.3, -0.25) is 4.79 Å². The molecule has 3 fully saturated rings. The van der Waals surface area contributed by atoms with Crippen molar-refractivity contribution < 1.29 is 14.7 Å². The highest BCUT2D eigenvalue weighted by molar-refractivity contribution is 5.75. The number of aliphatic carboxylic acids is 1. The van der Waals surface area contributed by atoms with Crippen LogP contribution in [-0.2, 0) is 4.79 Å². The zero-order valence-corrected chi connectivity index (χ0v) is 12.6. The second-order valence-electron chi connectivity index (χ2n) is 6.93. The highest BCUT2D eigenvalue weighted by Crippen LogP contribution is 2.37. The molecule has 1 saturated heterocycles. The highest BCUT2D eigenvalue weighted by atomic mass is 16.4. The molecule has 0 spiro atoms. The fraction of sp³-hybridized carbons (Fsp3) is 0.875. The summed E-state index contributed by atoms with van der Waals surface area (Å²) in [6.45, 7) is 0.886. The number of likely N-dealkylation sites (tertiary alicyclic amines) is 1.